The fourth-order valence-electron chi connectivity index (χ4n) is 8.28. The summed E-state index contributed by atoms with van der Waals surface area (Å²) in [4.78, 5) is 48.7. The van der Waals surface area contributed by atoms with Crippen LogP contribution in [0.1, 0.15) is 38.5 Å². The van der Waals surface area contributed by atoms with E-state index in [1.807, 2.05) is 54.2 Å². The number of rotatable bonds is 7. The van der Waals surface area contributed by atoms with Crippen molar-refractivity contribution < 1.29 is 14.4 Å². The topological polar surface area (TPSA) is 90.2 Å². The Balaban J connectivity index is 1.46. The maximum atomic E-state index is 14.7. The standard InChI is InChI=1S/C31H39N5O3/c1-33(2)12-13-34-25-10-6-7-11-26(25)35(20-31-17-21-14-22(18-31)16-23(15-21)19-31)29(38)27(28(34)37)36(30(32)39)24-8-4-3-5-9-24/h3-11,21-23,27H,12-20H2,1-2H3,(H2,32,39). The van der Waals surface area contributed by atoms with Crippen LogP contribution in [0.2, 0.25) is 0 Å². The molecule has 4 aliphatic carbocycles. The van der Waals surface area contributed by atoms with E-state index in [2.05, 4.69) is 0 Å². The summed E-state index contributed by atoms with van der Waals surface area (Å²) < 4.78 is 0. The molecule has 7 rings (SSSR count). The Labute approximate surface area is 230 Å². The number of hydrogen-bond acceptors (Lipinski definition) is 4. The predicted molar refractivity (Wildman–Crippen MR) is 153 cm³/mol. The molecule has 4 bridgehead atoms. The van der Waals surface area contributed by atoms with Crippen LogP contribution >= 0.6 is 0 Å². The summed E-state index contributed by atoms with van der Waals surface area (Å²) in [5, 5.41) is 0. The third-order valence-corrected chi connectivity index (χ3v) is 9.42. The van der Waals surface area contributed by atoms with E-state index in [1.165, 1.54) is 24.2 Å². The lowest BCUT2D eigenvalue weighted by Gasteiger charge is -2.57. The number of fused-ring (bicyclic) bond motifs is 1. The first-order valence-corrected chi connectivity index (χ1v) is 14.2. The van der Waals surface area contributed by atoms with E-state index in [0.717, 1.165) is 42.7 Å². The van der Waals surface area contributed by atoms with Crippen molar-refractivity contribution in [1.82, 2.24) is 4.90 Å². The lowest BCUT2D eigenvalue weighted by molar-refractivity contribution is -0.128. The quantitative estimate of drug-likeness (QED) is 0.547. The van der Waals surface area contributed by atoms with Gasteiger partial charge < -0.3 is 20.4 Å². The summed E-state index contributed by atoms with van der Waals surface area (Å²) in [6.45, 7) is 1.57. The van der Waals surface area contributed by atoms with Gasteiger partial charge in [0.1, 0.15) is 0 Å². The number of amides is 4. The predicted octanol–water partition coefficient (Wildman–Crippen LogP) is 4.10. The molecule has 39 heavy (non-hydrogen) atoms. The molecule has 1 atom stereocenters. The highest BCUT2D eigenvalue weighted by atomic mass is 16.2. The van der Waals surface area contributed by atoms with E-state index in [4.69, 9.17) is 5.73 Å². The molecule has 8 nitrogen and oxygen atoms in total. The van der Waals surface area contributed by atoms with Crippen molar-refractivity contribution in [3.8, 4) is 0 Å². The van der Waals surface area contributed by atoms with Gasteiger partial charge in [-0.05, 0) is 100 Å². The second-order valence-electron chi connectivity index (χ2n) is 12.6. The van der Waals surface area contributed by atoms with Crippen molar-refractivity contribution in [3.63, 3.8) is 0 Å². The zero-order valence-corrected chi connectivity index (χ0v) is 23.0. The van der Waals surface area contributed by atoms with Gasteiger partial charge in [-0.25, -0.2) is 4.79 Å². The van der Waals surface area contributed by atoms with E-state index in [9.17, 15) is 14.4 Å². The first kappa shape index (κ1) is 25.9. The van der Waals surface area contributed by atoms with Crippen molar-refractivity contribution in [2.75, 3.05) is 48.4 Å². The maximum absolute atomic E-state index is 14.7. The fraction of sp³-hybridized carbons (Fsp3) is 0.516. The monoisotopic (exact) mass is 529 g/mol. The second kappa shape index (κ2) is 9.97. The van der Waals surface area contributed by atoms with Crippen LogP contribution < -0.4 is 20.4 Å². The van der Waals surface area contributed by atoms with Gasteiger partial charge in [-0.15, -0.1) is 0 Å². The average molecular weight is 530 g/mol. The van der Waals surface area contributed by atoms with Crippen molar-refractivity contribution in [2.45, 2.75) is 44.6 Å². The highest BCUT2D eigenvalue weighted by molar-refractivity contribution is 6.24. The van der Waals surface area contributed by atoms with E-state index in [-0.39, 0.29) is 11.3 Å². The summed E-state index contributed by atoms with van der Waals surface area (Å²) in [6.07, 6.45) is 7.33. The maximum Gasteiger partial charge on any atom is 0.320 e. The number of likely N-dealkylation sites (N-methyl/N-ethyl adjacent to an activating group) is 1. The summed E-state index contributed by atoms with van der Waals surface area (Å²) in [7, 11) is 3.91. The number of carbonyl (C=O) groups excluding carboxylic acids is 3. The Bertz CT molecular complexity index is 1230. The van der Waals surface area contributed by atoms with Crippen molar-refractivity contribution in [1.29, 1.82) is 0 Å². The molecule has 0 aromatic heterocycles. The third kappa shape index (κ3) is 4.69. The minimum atomic E-state index is -1.38. The number of para-hydroxylation sites is 3. The lowest BCUT2D eigenvalue weighted by atomic mass is 9.49. The molecule has 1 aliphatic heterocycles. The van der Waals surface area contributed by atoms with Crippen LogP contribution in [-0.2, 0) is 9.59 Å². The van der Waals surface area contributed by atoms with Gasteiger partial charge >= 0.3 is 6.03 Å². The number of nitrogens with two attached hydrogens (primary N) is 1. The third-order valence-electron chi connectivity index (χ3n) is 9.42. The number of primary amides is 1. The molecule has 8 heteroatoms. The molecule has 4 amide bonds. The van der Waals surface area contributed by atoms with Crippen LogP contribution in [0.15, 0.2) is 54.6 Å². The Morgan fingerprint density at radius 3 is 1.90 bits per heavy atom. The molecule has 2 aromatic carbocycles. The normalized spacial score (nSPS) is 29.5. The van der Waals surface area contributed by atoms with Gasteiger partial charge in [0.25, 0.3) is 11.8 Å². The number of carbonyl (C=O) groups is 3. The molecule has 0 radical (unpaired) electrons. The number of anilines is 3. The molecular weight excluding hydrogens is 490 g/mol. The van der Waals surface area contributed by atoms with Gasteiger partial charge in [-0.2, -0.15) is 0 Å². The Kier molecular flexibility index (Phi) is 6.61. The number of benzene rings is 2. The highest BCUT2D eigenvalue weighted by Gasteiger charge is 2.54. The first-order chi connectivity index (χ1) is 18.7. The Hall–Kier alpha value is -3.39. The van der Waals surface area contributed by atoms with Gasteiger partial charge in [0, 0.05) is 25.3 Å². The molecule has 5 aliphatic rings. The SMILES string of the molecule is CN(C)CCN1C(=O)C(N(C(N)=O)c2ccccc2)C(=O)N(CC23CC4CC(CC(C4)C2)C3)c2ccccc21. The molecule has 1 unspecified atom stereocenters. The van der Waals surface area contributed by atoms with E-state index >= 15 is 0 Å². The zero-order valence-electron chi connectivity index (χ0n) is 23.0. The van der Waals surface area contributed by atoms with Crippen molar-refractivity contribution in [3.05, 3.63) is 54.6 Å². The van der Waals surface area contributed by atoms with Crippen LogP contribution in [0.3, 0.4) is 0 Å². The second-order valence-corrected chi connectivity index (χ2v) is 12.6. The van der Waals surface area contributed by atoms with E-state index in [1.54, 1.807) is 29.2 Å². The summed E-state index contributed by atoms with van der Waals surface area (Å²) >= 11 is 0. The molecule has 0 spiro atoms. The summed E-state index contributed by atoms with van der Waals surface area (Å²) in [5.74, 6) is 1.39. The van der Waals surface area contributed by atoms with Gasteiger partial charge in [0.2, 0.25) is 0 Å². The van der Waals surface area contributed by atoms with E-state index < -0.39 is 18.0 Å². The van der Waals surface area contributed by atoms with Crippen LogP contribution in [0.5, 0.6) is 0 Å². The Morgan fingerprint density at radius 2 is 1.36 bits per heavy atom. The zero-order chi connectivity index (χ0) is 27.3. The van der Waals surface area contributed by atoms with Gasteiger partial charge in [0.15, 0.2) is 6.04 Å². The van der Waals surface area contributed by atoms with Gasteiger partial charge in [-0.1, -0.05) is 30.3 Å². The highest BCUT2D eigenvalue weighted by Crippen LogP contribution is 2.60. The molecule has 2 N–H and O–H groups in total. The molecule has 1 heterocycles. The van der Waals surface area contributed by atoms with Crippen LogP contribution in [0.25, 0.3) is 0 Å². The van der Waals surface area contributed by atoms with Crippen LogP contribution in [-0.4, -0.2) is 62.5 Å². The minimum Gasteiger partial charge on any atom is -0.351 e. The summed E-state index contributed by atoms with van der Waals surface area (Å²) in [5.41, 5.74) is 7.85. The van der Waals surface area contributed by atoms with E-state index in [0.29, 0.717) is 31.0 Å². The van der Waals surface area contributed by atoms with Crippen molar-refractivity contribution >= 4 is 34.9 Å². The first-order valence-electron chi connectivity index (χ1n) is 14.2. The summed E-state index contributed by atoms with van der Waals surface area (Å²) in [6, 6.07) is 14.3. The smallest absolute Gasteiger partial charge is 0.320 e. The van der Waals surface area contributed by atoms with Crippen molar-refractivity contribution in [2.24, 2.45) is 28.9 Å². The number of urea groups is 1. The molecule has 206 valence electrons. The molecule has 4 saturated carbocycles. The Morgan fingerprint density at radius 1 is 0.846 bits per heavy atom. The average Bonchev–Trinajstić information content (AvgIpc) is 2.96. The molecule has 2 aromatic rings. The lowest BCUT2D eigenvalue weighted by Crippen LogP contribution is -2.61. The van der Waals surface area contributed by atoms with Gasteiger partial charge in [-0.3, -0.25) is 14.5 Å². The minimum absolute atomic E-state index is 0.0498. The van der Waals surface area contributed by atoms with Gasteiger partial charge in [0.05, 0.1) is 11.4 Å². The van der Waals surface area contributed by atoms with Crippen LogP contribution in [0, 0.1) is 23.2 Å². The molecular formula is C31H39N5O3. The van der Waals surface area contributed by atoms with Crippen LogP contribution in [0.4, 0.5) is 21.9 Å². The fourth-order valence-corrected chi connectivity index (χ4v) is 8.28. The number of hydrogen-bond donors (Lipinski definition) is 1. The molecule has 4 fully saturated rings. The molecule has 0 saturated heterocycles. The largest absolute Gasteiger partial charge is 0.351 e. The number of nitrogens with zero attached hydrogens (tertiary/aromatic N) is 4.